The summed E-state index contributed by atoms with van der Waals surface area (Å²) in [6.45, 7) is 1.86. The van der Waals surface area contributed by atoms with Gasteiger partial charge in [-0.3, -0.25) is 4.98 Å². The zero-order valence-electron chi connectivity index (χ0n) is 8.93. The van der Waals surface area contributed by atoms with Crippen molar-refractivity contribution < 1.29 is 33.3 Å². The molecule has 0 N–H and O–H groups in total. The molecule has 5 nitrogen and oxygen atoms in total. The summed E-state index contributed by atoms with van der Waals surface area (Å²) >= 11 is 0. The van der Waals surface area contributed by atoms with Gasteiger partial charge in [-0.05, 0) is 18.6 Å². The van der Waals surface area contributed by atoms with Gasteiger partial charge in [-0.1, -0.05) is 11.2 Å². The molecule has 0 fully saturated rings. The maximum atomic E-state index is 10.5. The van der Waals surface area contributed by atoms with E-state index < -0.39 is 5.97 Å². The fourth-order valence-electron chi connectivity index (χ4n) is 1.24. The van der Waals surface area contributed by atoms with Crippen LogP contribution in [-0.4, -0.2) is 16.1 Å². The first kappa shape index (κ1) is 12.5. The van der Waals surface area contributed by atoms with E-state index in [2.05, 4.69) is 14.7 Å². The first-order valence-electron chi connectivity index (χ1n) is 4.28. The molecule has 2 aromatic heterocycles. The summed E-state index contributed by atoms with van der Waals surface area (Å²) in [5, 5.41) is 14.1. The second kappa shape index (κ2) is 4.97. The minimum absolute atomic E-state index is 0. The number of carboxylic acid groups (broad SMARTS) is 1. The van der Waals surface area contributed by atoms with E-state index in [4.69, 9.17) is 0 Å². The third-order valence-electron chi connectivity index (χ3n) is 1.96. The molecule has 0 unspecified atom stereocenters. The molecule has 0 atom stereocenters. The Balaban J connectivity index is 0.00000128. The first-order chi connectivity index (χ1) is 7.18. The van der Waals surface area contributed by atoms with E-state index in [1.165, 1.54) is 6.07 Å². The third kappa shape index (κ3) is 2.32. The van der Waals surface area contributed by atoms with Gasteiger partial charge in [0.05, 0.1) is 5.69 Å². The van der Waals surface area contributed by atoms with Crippen LogP contribution < -0.4 is 24.0 Å². The summed E-state index contributed by atoms with van der Waals surface area (Å²) in [5.74, 6) is -1.68. The molecule has 0 radical (unpaired) electrons. The standard InChI is InChI=1S/C10H8N2O3.Li/c1-6-3-2-4-11-9(6)7-5-8(10(13)14)15-12-7;/h2-5H,1H3,(H,13,14);/q;+1/p-1. The number of aromatic carboxylic acids is 1. The largest absolute Gasteiger partial charge is 1.00 e. The van der Waals surface area contributed by atoms with E-state index in [0.717, 1.165) is 5.56 Å². The molecule has 0 aliphatic heterocycles. The third-order valence-corrected chi connectivity index (χ3v) is 1.96. The van der Waals surface area contributed by atoms with Crippen LogP contribution in [0.3, 0.4) is 0 Å². The fraction of sp³-hybridized carbons (Fsp3) is 0.100. The summed E-state index contributed by atoms with van der Waals surface area (Å²) < 4.78 is 4.58. The number of aryl methyl sites for hydroxylation is 1. The molecule has 16 heavy (non-hydrogen) atoms. The average molecular weight is 210 g/mol. The van der Waals surface area contributed by atoms with Gasteiger partial charge in [0.2, 0.25) is 0 Å². The monoisotopic (exact) mass is 210 g/mol. The topological polar surface area (TPSA) is 79.0 Å². The number of carbonyl (C=O) groups excluding carboxylic acids is 1. The van der Waals surface area contributed by atoms with Crippen molar-refractivity contribution in [2.75, 3.05) is 0 Å². The summed E-state index contributed by atoms with van der Waals surface area (Å²) in [7, 11) is 0. The predicted octanol–water partition coefficient (Wildman–Crippen LogP) is -2.59. The Bertz CT molecular complexity index is 510. The Morgan fingerprint density at radius 3 is 2.81 bits per heavy atom. The van der Waals surface area contributed by atoms with Gasteiger partial charge in [-0.2, -0.15) is 0 Å². The van der Waals surface area contributed by atoms with E-state index in [9.17, 15) is 9.90 Å². The number of pyridine rings is 1. The van der Waals surface area contributed by atoms with Crippen LogP contribution in [0, 0.1) is 6.92 Å². The molecule has 0 amide bonds. The van der Waals surface area contributed by atoms with Gasteiger partial charge in [0.15, 0.2) is 5.76 Å². The molecule has 0 aromatic carbocycles. The molecule has 0 saturated heterocycles. The molecule has 0 aliphatic rings. The van der Waals surface area contributed by atoms with E-state index in [-0.39, 0.29) is 24.6 Å². The van der Waals surface area contributed by atoms with Crippen molar-refractivity contribution in [3.8, 4) is 11.4 Å². The number of hydrogen-bond donors (Lipinski definition) is 0. The van der Waals surface area contributed by atoms with Crippen LogP contribution in [0.1, 0.15) is 16.1 Å². The van der Waals surface area contributed by atoms with Crippen LogP contribution in [0.4, 0.5) is 0 Å². The van der Waals surface area contributed by atoms with Gasteiger partial charge in [-0.25, -0.2) is 0 Å². The minimum Gasteiger partial charge on any atom is -0.541 e. The van der Waals surface area contributed by atoms with Crippen molar-refractivity contribution in [3.63, 3.8) is 0 Å². The molecule has 0 spiro atoms. The van der Waals surface area contributed by atoms with E-state index in [1.807, 2.05) is 13.0 Å². The molecule has 2 heterocycles. The maximum Gasteiger partial charge on any atom is 1.00 e. The van der Waals surface area contributed by atoms with Crippen LogP contribution in [0.2, 0.25) is 0 Å². The first-order valence-corrected chi connectivity index (χ1v) is 4.28. The minimum atomic E-state index is -1.39. The Kier molecular flexibility index (Phi) is 3.88. The Hall–Kier alpha value is -1.57. The Morgan fingerprint density at radius 1 is 1.50 bits per heavy atom. The van der Waals surface area contributed by atoms with E-state index in [1.54, 1.807) is 12.3 Å². The zero-order valence-corrected chi connectivity index (χ0v) is 8.93. The number of aromatic nitrogens is 2. The second-order valence-corrected chi connectivity index (χ2v) is 3.03. The Morgan fingerprint density at radius 2 is 2.25 bits per heavy atom. The normalized spacial score (nSPS) is 9.56. The van der Waals surface area contributed by atoms with Gasteiger partial charge < -0.3 is 14.4 Å². The molecule has 0 bridgehead atoms. The molecule has 2 rings (SSSR count). The predicted molar refractivity (Wildman–Crippen MR) is 48.8 cm³/mol. The van der Waals surface area contributed by atoms with Crippen molar-refractivity contribution in [1.82, 2.24) is 10.1 Å². The van der Waals surface area contributed by atoms with Crippen LogP contribution in [0.15, 0.2) is 28.9 Å². The van der Waals surface area contributed by atoms with Gasteiger partial charge in [-0.15, -0.1) is 0 Å². The SMILES string of the molecule is Cc1cccnc1-c1cc(C(=O)[O-])on1.[Li+]. The van der Waals surface area contributed by atoms with Crippen molar-refractivity contribution in [1.29, 1.82) is 0 Å². The molecule has 0 saturated carbocycles. The van der Waals surface area contributed by atoms with Crippen molar-refractivity contribution in [2.45, 2.75) is 6.92 Å². The van der Waals surface area contributed by atoms with Gasteiger partial charge in [0.25, 0.3) is 0 Å². The average Bonchev–Trinajstić information content (AvgIpc) is 2.67. The van der Waals surface area contributed by atoms with Gasteiger partial charge in [0.1, 0.15) is 11.7 Å². The van der Waals surface area contributed by atoms with Gasteiger partial charge in [0, 0.05) is 12.3 Å². The molecule has 2 aromatic rings. The van der Waals surface area contributed by atoms with E-state index >= 15 is 0 Å². The number of hydrogen-bond acceptors (Lipinski definition) is 5. The number of carboxylic acids is 1. The van der Waals surface area contributed by atoms with Crippen LogP contribution in [0.5, 0.6) is 0 Å². The molecular weight excluding hydrogens is 203 g/mol. The van der Waals surface area contributed by atoms with Crippen LogP contribution >= 0.6 is 0 Å². The summed E-state index contributed by atoms with van der Waals surface area (Å²) in [6, 6.07) is 4.94. The summed E-state index contributed by atoms with van der Waals surface area (Å²) in [5.41, 5.74) is 1.90. The van der Waals surface area contributed by atoms with Crippen LogP contribution in [-0.2, 0) is 0 Å². The maximum absolute atomic E-state index is 10.5. The van der Waals surface area contributed by atoms with Crippen molar-refractivity contribution in [3.05, 3.63) is 35.7 Å². The fourth-order valence-corrected chi connectivity index (χ4v) is 1.24. The zero-order chi connectivity index (χ0) is 10.8. The molecule has 6 heteroatoms. The second-order valence-electron chi connectivity index (χ2n) is 3.03. The number of nitrogens with zero attached hydrogens (tertiary/aromatic N) is 2. The van der Waals surface area contributed by atoms with E-state index in [0.29, 0.717) is 11.4 Å². The summed E-state index contributed by atoms with van der Waals surface area (Å²) in [6.07, 6.45) is 1.61. The molecular formula is C10H7LiN2O3. The summed E-state index contributed by atoms with van der Waals surface area (Å²) in [4.78, 5) is 14.6. The molecule has 0 aliphatic carbocycles. The van der Waals surface area contributed by atoms with Crippen molar-refractivity contribution in [2.24, 2.45) is 0 Å². The number of carbonyl (C=O) groups is 1. The molecule has 76 valence electrons. The van der Waals surface area contributed by atoms with Gasteiger partial charge >= 0.3 is 18.9 Å². The van der Waals surface area contributed by atoms with Crippen LogP contribution in [0.25, 0.3) is 11.4 Å². The quantitative estimate of drug-likeness (QED) is 0.508. The Labute approximate surface area is 104 Å². The smallest absolute Gasteiger partial charge is 0.541 e. The van der Waals surface area contributed by atoms with Crippen molar-refractivity contribution >= 4 is 5.97 Å². The number of rotatable bonds is 2.